The van der Waals surface area contributed by atoms with Crippen molar-refractivity contribution in [2.45, 2.75) is 0 Å². The summed E-state index contributed by atoms with van der Waals surface area (Å²) in [5.74, 6) is 0. The van der Waals surface area contributed by atoms with Crippen LogP contribution in [-0.2, 0) is 16.5 Å². The molecule has 9 heavy (non-hydrogen) atoms. The number of rotatable bonds is 0. The summed E-state index contributed by atoms with van der Waals surface area (Å²) in [5, 5.41) is 8.29. The molecule has 1 nitrogen and oxygen atoms in total. The number of nitriles is 1. The van der Waals surface area contributed by atoms with E-state index in [1.54, 1.807) is 12.1 Å². The first-order chi connectivity index (χ1) is 3.93. The minimum atomic E-state index is 0. The first kappa shape index (κ1) is 8.20. The van der Waals surface area contributed by atoms with E-state index in [1.165, 1.54) is 0 Å². The summed E-state index contributed by atoms with van der Waals surface area (Å²) < 4.78 is 0. The maximum absolute atomic E-state index is 8.29. The maximum atomic E-state index is 8.29. The van der Waals surface area contributed by atoms with Crippen LogP contribution < -0.4 is 0 Å². The molecule has 0 spiro atoms. The summed E-state index contributed by atoms with van der Waals surface area (Å²) in [5.41, 5.74) is 0.715. The normalized spacial score (nSPS) is 7.00. The van der Waals surface area contributed by atoms with Gasteiger partial charge in [-0.15, -0.1) is 0 Å². The Balaban J connectivity index is 0.000000640. The number of benzene rings is 1. The molecule has 0 aliphatic carbocycles. The third-order valence-electron chi connectivity index (χ3n) is 0.903. The quantitative estimate of drug-likeness (QED) is 0.530. The second-order valence-corrected chi connectivity index (χ2v) is 1.48. The van der Waals surface area contributed by atoms with Crippen LogP contribution in [0, 0.1) is 11.3 Å². The molecule has 0 aliphatic heterocycles. The van der Waals surface area contributed by atoms with Crippen molar-refractivity contribution >= 4 is 0 Å². The van der Waals surface area contributed by atoms with Crippen LogP contribution in [0.4, 0.5) is 0 Å². The Morgan fingerprint density at radius 3 is 2.00 bits per heavy atom. The first-order valence-electron chi connectivity index (χ1n) is 2.38. The third kappa shape index (κ3) is 2.30. The molecule has 0 N–H and O–H groups in total. The summed E-state index contributed by atoms with van der Waals surface area (Å²) in [6, 6.07) is 11.2. The van der Waals surface area contributed by atoms with Gasteiger partial charge >= 0.3 is 0 Å². The Labute approximate surface area is 64.2 Å². The average Bonchev–Trinajstić information content (AvgIpc) is 1.90. The Morgan fingerprint density at radius 1 is 1.11 bits per heavy atom. The fourth-order valence-corrected chi connectivity index (χ4v) is 0.513. The van der Waals surface area contributed by atoms with Crippen LogP contribution in [-0.4, -0.2) is 0 Å². The minimum Gasteiger partial charge on any atom is -0.192 e. The van der Waals surface area contributed by atoms with E-state index in [2.05, 4.69) is 0 Å². The minimum absolute atomic E-state index is 0. The van der Waals surface area contributed by atoms with Crippen LogP contribution >= 0.6 is 0 Å². The molecule has 0 bridgehead atoms. The summed E-state index contributed by atoms with van der Waals surface area (Å²) >= 11 is 0. The molecule has 0 amide bonds. The van der Waals surface area contributed by atoms with Crippen molar-refractivity contribution in [2.75, 3.05) is 0 Å². The molecule has 0 saturated heterocycles. The molecule has 1 aromatic carbocycles. The van der Waals surface area contributed by atoms with Crippen LogP contribution in [0.15, 0.2) is 30.3 Å². The van der Waals surface area contributed by atoms with E-state index >= 15 is 0 Å². The van der Waals surface area contributed by atoms with E-state index in [9.17, 15) is 0 Å². The van der Waals surface area contributed by atoms with Crippen molar-refractivity contribution in [2.24, 2.45) is 0 Å². The van der Waals surface area contributed by atoms with E-state index in [4.69, 9.17) is 5.26 Å². The standard InChI is InChI=1S/C7H5N.Ni/c8-6-7-4-2-1-3-5-7;/h1-5H;. The van der Waals surface area contributed by atoms with E-state index in [0.29, 0.717) is 5.56 Å². The predicted octanol–water partition coefficient (Wildman–Crippen LogP) is 1.56. The van der Waals surface area contributed by atoms with Crippen molar-refractivity contribution in [1.82, 2.24) is 0 Å². The van der Waals surface area contributed by atoms with Gasteiger partial charge in [-0.05, 0) is 12.1 Å². The zero-order valence-electron chi connectivity index (χ0n) is 4.65. The molecule has 48 valence electrons. The molecular formula is C7H5NNi. The van der Waals surface area contributed by atoms with Gasteiger partial charge in [0.2, 0.25) is 0 Å². The van der Waals surface area contributed by atoms with E-state index in [-0.39, 0.29) is 16.5 Å². The largest absolute Gasteiger partial charge is 0.192 e. The monoisotopic (exact) mass is 161 g/mol. The van der Waals surface area contributed by atoms with Crippen LogP contribution in [0.2, 0.25) is 0 Å². The van der Waals surface area contributed by atoms with Crippen molar-refractivity contribution in [3.8, 4) is 6.07 Å². The predicted molar refractivity (Wildman–Crippen MR) is 31.2 cm³/mol. The summed E-state index contributed by atoms with van der Waals surface area (Å²) in [6.07, 6.45) is 0. The summed E-state index contributed by atoms with van der Waals surface area (Å²) in [7, 11) is 0. The van der Waals surface area contributed by atoms with Gasteiger partial charge < -0.3 is 0 Å². The maximum Gasteiger partial charge on any atom is 0.0991 e. The molecule has 0 unspecified atom stereocenters. The molecule has 0 fully saturated rings. The van der Waals surface area contributed by atoms with Gasteiger partial charge in [0.25, 0.3) is 0 Å². The zero-order chi connectivity index (χ0) is 5.82. The SMILES string of the molecule is N#Cc1ccccc1.[Ni]. The van der Waals surface area contributed by atoms with Crippen molar-refractivity contribution in [3.05, 3.63) is 35.9 Å². The molecule has 0 saturated carbocycles. The van der Waals surface area contributed by atoms with Crippen molar-refractivity contribution < 1.29 is 16.5 Å². The number of hydrogen-bond acceptors (Lipinski definition) is 1. The molecule has 0 aliphatic rings. The first-order valence-corrected chi connectivity index (χ1v) is 2.38. The van der Waals surface area contributed by atoms with Crippen molar-refractivity contribution in [1.29, 1.82) is 5.26 Å². The Bertz CT molecular complexity index is 200. The van der Waals surface area contributed by atoms with Gasteiger partial charge in [0.1, 0.15) is 0 Å². The summed E-state index contributed by atoms with van der Waals surface area (Å²) in [4.78, 5) is 0. The molecule has 0 radical (unpaired) electrons. The van der Waals surface area contributed by atoms with Gasteiger partial charge in [-0.25, -0.2) is 0 Å². The van der Waals surface area contributed by atoms with Crippen LogP contribution in [0.1, 0.15) is 5.56 Å². The Kier molecular flexibility index (Phi) is 3.75. The van der Waals surface area contributed by atoms with Gasteiger partial charge in [0.05, 0.1) is 11.6 Å². The van der Waals surface area contributed by atoms with Gasteiger partial charge in [-0.1, -0.05) is 18.2 Å². The second-order valence-electron chi connectivity index (χ2n) is 1.48. The topological polar surface area (TPSA) is 23.8 Å². The van der Waals surface area contributed by atoms with Crippen LogP contribution in [0.5, 0.6) is 0 Å². The fourth-order valence-electron chi connectivity index (χ4n) is 0.513. The van der Waals surface area contributed by atoms with Crippen LogP contribution in [0.25, 0.3) is 0 Å². The average molecular weight is 162 g/mol. The molecule has 0 heterocycles. The van der Waals surface area contributed by atoms with Gasteiger partial charge in [0.15, 0.2) is 0 Å². The van der Waals surface area contributed by atoms with Gasteiger partial charge in [-0.3, -0.25) is 0 Å². The number of nitrogens with zero attached hydrogens (tertiary/aromatic N) is 1. The molecule has 1 rings (SSSR count). The third-order valence-corrected chi connectivity index (χ3v) is 0.903. The second kappa shape index (κ2) is 4.12. The van der Waals surface area contributed by atoms with Crippen LogP contribution in [0.3, 0.4) is 0 Å². The smallest absolute Gasteiger partial charge is 0.0991 e. The molecule has 2 heteroatoms. The van der Waals surface area contributed by atoms with E-state index in [0.717, 1.165) is 0 Å². The zero-order valence-corrected chi connectivity index (χ0v) is 5.64. The van der Waals surface area contributed by atoms with E-state index in [1.807, 2.05) is 24.3 Å². The molecular weight excluding hydrogens is 157 g/mol. The molecule has 0 atom stereocenters. The van der Waals surface area contributed by atoms with Gasteiger partial charge in [0, 0.05) is 16.5 Å². The van der Waals surface area contributed by atoms with Gasteiger partial charge in [-0.2, -0.15) is 5.26 Å². The van der Waals surface area contributed by atoms with Crippen molar-refractivity contribution in [3.63, 3.8) is 0 Å². The Morgan fingerprint density at radius 2 is 1.67 bits per heavy atom. The Hall–Kier alpha value is -0.796. The molecule has 0 aromatic heterocycles. The fraction of sp³-hybridized carbons (Fsp3) is 0. The number of hydrogen-bond donors (Lipinski definition) is 0. The summed E-state index contributed by atoms with van der Waals surface area (Å²) in [6.45, 7) is 0. The van der Waals surface area contributed by atoms with E-state index < -0.39 is 0 Å². The molecule has 1 aromatic rings.